The molecule has 1 aromatic heterocycles. The SMILES string of the molecule is COc1cccc(NC(=O)c2cc(-c3ccc(Cl)c(Cl)c3)n[nH]2)c1. The summed E-state index contributed by atoms with van der Waals surface area (Å²) in [4.78, 5) is 12.3. The normalized spacial score (nSPS) is 10.5. The van der Waals surface area contributed by atoms with E-state index in [2.05, 4.69) is 15.5 Å². The molecule has 122 valence electrons. The number of nitrogens with one attached hydrogen (secondary N) is 2. The molecule has 2 aromatic carbocycles. The number of anilines is 1. The lowest BCUT2D eigenvalue weighted by molar-refractivity contribution is 0.102. The van der Waals surface area contributed by atoms with Crippen LogP contribution in [0.25, 0.3) is 11.3 Å². The zero-order chi connectivity index (χ0) is 17.1. The first-order valence-electron chi connectivity index (χ1n) is 7.03. The van der Waals surface area contributed by atoms with Crippen LogP contribution >= 0.6 is 23.2 Å². The van der Waals surface area contributed by atoms with E-state index in [1.54, 1.807) is 55.6 Å². The first-order valence-corrected chi connectivity index (χ1v) is 7.78. The minimum absolute atomic E-state index is 0.304. The molecule has 0 unspecified atom stereocenters. The highest BCUT2D eigenvalue weighted by Gasteiger charge is 2.12. The van der Waals surface area contributed by atoms with Crippen molar-refractivity contribution in [2.75, 3.05) is 12.4 Å². The van der Waals surface area contributed by atoms with E-state index in [-0.39, 0.29) is 5.91 Å². The maximum atomic E-state index is 12.3. The number of rotatable bonds is 4. The van der Waals surface area contributed by atoms with Crippen molar-refractivity contribution in [3.63, 3.8) is 0 Å². The molecule has 3 rings (SSSR count). The number of amides is 1. The maximum absolute atomic E-state index is 12.3. The van der Waals surface area contributed by atoms with E-state index in [4.69, 9.17) is 27.9 Å². The molecule has 5 nitrogen and oxygen atoms in total. The largest absolute Gasteiger partial charge is 0.497 e. The standard InChI is InChI=1S/C17H13Cl2N3O2/c1-24-12-4-2-3-11(8-12)20-17(23)16-9-15(21-22-16)10-5-6-13(18)14(19)7-10/h2-9H,1H3,(H,20,23)(H,21,22). The number of hydrogen-bond donors (Lipinski definition) is 2. The average molecular weight is 362 g/mol. The van der Waals surface area contributed by atoms with E-state index in [0.717, 1.165) is 5.56 Å². The molecule has 0 radical (unpaired) electrons. The van der Waals surface area contributed by atoms with Crippen molar-refractivity contribution in [3.05, 3.63) is 64.3 Å². The summed E-state index contributed by atoms with van der Waals surface area (Å²) < 4.78 is 5.13. The lowest BCUT2D eigenvalue weighted by Gasteiger charge is -2.05. The second-order valence-electron chi connectivity index (χ2n) is 4.98. The third-order valence-corrected chi connectivity index (χ3v) is 4.10. The molecule has 0 atom stereocenters. The number of carbonyl (C=O) groups excluding carboxylic acids is 1. The fourth-order valence-corrected chi connectivity index (χ4v) is 2.44. The first kappa shape index (κ1) is 16.4. The van der Waals surface area contributed by atoms with E-state index in [9.17, 15) is 4.79 Å². The van der Waals surface area contributed by atoms with Gasteiger partial charge in [0, 0.05) is 17.3 Å². The highest BCUT2D eigenvalue weighted by atomic mass is 35.5. The molecule has 0 aliphatic rings. The molecule has 0 fully saturated rings. The number of aromatic nitrogens is 2. The van der Waals surface area contributed by atoms with Crippen LogP contribution in [-0.4, -0.2) is 23.2 Å². The summed E-state index contributed by atoms with van der Waals surface area (Å²) in [7, 11) is 1.57. The number of methoxy groups -OCH3 is 1. The van der Waals surface area contributed by atoms with Gasteiger partial charge in [-0.25, -0.2) is 0 Å². The Bertz CT molecular complexity index is 893. The first-order chi connectivity index (χ1) is 11.6. The van der Waals surface area contributed by atoms with Crippen molar-refractivity contribution >= 4 is 34.8 Å². The smallest absolute Gasteiger partial charge is 0.273 e. The summed E-state index contributed by atoms with van der Waals surface area (Å²) in [5.74, 6) is 0.357. The van der Waals surface area contributed by atoms with Crippen LogP contribution in [0, 0.1) is 0 Å². The minimum atomic E-state index is -0.304. The van der Waals surface area contributed by atoms with Crippen LogP contribution in [0.15, 0.2) is 48.5 Å². The molecule has 0 aliphatic carbocycles. The van der Waals surface area contributed by atoms with E-state index in [1.165, 1.54) is 0 Å². The monoisotopic (exact) mass is 361 g/mol. The van der Waals surface area contributed by atoms with Crippen molar-refractivity contribution in [2.45, 2.75) is 0 Å². The number of ether oxygens (including phenoxy) is 1. The molecule has 0 saturated carbocycles. The van der Waals surface area contributed by atoms with Crippen LogP contribution in [0.5, 0.6) is 5.75 Å². The van der Waals surface area contributed by atoms with Gasteiger partial charge in [0.25, 0.3) is 5.91 Å². The van der Waals surface area contributed by atoms with Gasteiger partial charge in [-0.2, -0.15) is 5.10 Å². The van der Waals surface area contributed by atoms with Gasteiger partial charge in [-0.05, 0) is 30.3 Å². The topological polar surface area (TPSA) is 67.0 Å². The molecule has 1 amide bonds. The van der Waals surface area contributed by atoms with Crippen LogP contribution in [0.4, 0.5) is 5.69 Å². The molecule has 0 spiro atoms. The minimum Gasteiger partial charge on any atom is -0.497 e. The molecule has 2 N–H and O–H groups in total. The maximum Gasteiger partial charge on any atom is 0.273 e. The van der Waals surface area contributed by atoms with E-state index < -0.39 is 0 Å². The van der Waals surface area contributed by atoms with E-state index >= 15 is 0 Å². The Kier molecular flexibility index (Phi) is 4.74. The second-order valence-corrected chi connectivity index (χ2v) is 5.80. The fourth-order valence-electron chi connectivity index (χ4n) is 2.14. The Balaban J connectivity index is 1.79. The van der Waals surface area contributed by atoms with Crippen molar-refractivity contribution in [1.82, 2.24) is 10.2 Å². The van der Waals surface area contributed by atoms with Gasteiger partial charge in [-0.15, -0.1) is 0 Å². The van der Waals surface area contributed by atoms with Gasteiger partial charge in [0.1, 0.15) is 11.4 Å². The van der Waals surface area contributed by atoms with Crippen molar-refractivity contribution in [1.29, 1.82) is 0 Å². The summed E-state index contributed by atoms with van der Waals surface area (Å²) in [5.41, 5.74) is 2.33. The second kappa shape index (κ2) is 6.95. The van der Waals surface area contributed by atoms with Crippen molar-refractivity contribution in [3.8, 4) is 17.0 Å². The zero-order valence-electron chi connectivity index (χ0n) is 12.6. The predicted octanol–water partition coefficient (Wildman–Crippen LogP) is 4.64. The molecule has 24 heavy (non-hydrogen) atoms. The Morgan fingerprint density at radius 3 is 2.71 bits per heavy atom. The average Bonchev–Trinajstić information content (AvgIpc) is 3.08. The van der Waals surface area contributed by atoms with Crippen LogP contribution in [0.1, 0.15) is 10.5 Å². The zero-order valence-corrected chi connectivity index (χ0v) is 14.2. The van der Waals surface area contributed by atoms with Gasteiger partial charge in [0.05, 0.1) is 22.8 Å². The van der Waals surface area contributed by atoms with Crippen LogP contribution in [-0.2, 0) is 0 Å². The molecule has 0 aliphatic heterocycles. The highest BCUT2D eigenvalue weighted by Crippen LogP contribution is 2.28. The third kappa shape index (κ3) is 3.53. The summed E-state index contributed by atoms with van der Waals surface area (Å²) in [6.07, 6.45) is 0. The molecule has 0 saturated heterocycles. The fraction of sp³-hybridized carbons (Fsp3) is 0.0588. The van der Waals surface area contributed by atoms with Crippen molar-refractivity contribution < 1.29 is 9.53 Å². The summed E-state index contributed by atoms with van der Waals surface area (Å²) in [6.45, 7) is 0. The molecule has 0 bridgehead atoms. The molecule has 3 aromatic rings. The van der Waals surface area contributed by atoms with E-state index in [0.29, 0.717) is 32.9 Å². The highest BCUT2D eigenvalue weighted by molar-refractivity contribution is 6.42. The Morgan fingerprint density at radius 1 is 1.12 bits per heavy atom. The predicted molar refractivity (Wildman–Crippen MR) is 95.0 cm³/mol. The third-order valence-electron chi connectivity index (χ3n) is 3.37. The number of halogens is 2. The Hall–Kier alpha value is -2.50. The number of carbonyl (C=O) groups is 1. The van der Waals surface area contributed by atoms with Crippen LogP contribution < -0.4 is 10.1 Å². The Labute approximate surface area is 148 Å². The number of benzene rings is 2. The van der Waals surface area contributed by atoms with Crippen LogP contribution in [0.2, 0.25) is 10.0 Å². The number of hydrogen-bond acceptors (Lipinski definition) is 3. The number of H-pyrrole nitrogens is 1. The lowest BCUT2D eigenvalue weighted by Crippen LogP contribution is -2.12. The van der Waals surface area contributed by atoms with Gasteiger partial charge in [0.2, 0.25) is 0 Å². The summed E-state index contributed by atoms with van der Waals surface area (Å²) >= 11 is 11.9. The van der Waals surface area contributed by atoms with Gasteiger partial charge in [-0.3, -0.25) is 9.89 Å². The summed E-state index contributed by atoms with van der Waals surface area (Å²) in [5, 5.41) is 10.5. The number of nitrogens with zero attached hydrogens (tertiary/aromatic N) is 1. The van der Waals surface area contributed by atoms with Crippen molar-refractivity contribution in [2.24, 2.45) is 0 Å². The van der Waals surface area contributed by atoms with Gasteiger partial charge >= 0.3 is 0 Å². The molecular weight excluding hydrogens is 349 g/mol. The van der Waals surface area contributed by atoms with Gasteiger partial charge in [-0.1, -0.05) is 35.3 Å². The molecular formula is C17H13Cl2N3O2. The lowest BCUT2D eigenvalue weighted by atomic mass is 10.1. The van der Waals surface area contributed by atoms with Gasteiger partial charge < -0.3 is 10.1 Å². The van der Waals surface area contributed by atoms with E-state index in [1.807, 2.05) is 0 Å². The summed E-state index contributed by atoms with van der Waals surface area (Å²) in [6, 6.07) is 13.9. The van der Waals surface area contributed by atoms with Gasteiger partial charge in [0.15, 0.2) is 0 Å². The Morgan fingerprint density at radius 2 is 1.96 bits per heavy atom. The molecule has 1 heterocycles. The molecule has 7 heteroatoms. The quantitative estimate of drug-likeness (QED) is 0.710. The number of aromatic amines is 1. The van der Waals surface area contributed by atoms with Crippen LogP contribution in [0.3, 0.4) is 0 Å².